The predicted molar refractivity (Wildman–Crippen MR) is 118 cm³/mol. The second-order valence-electron chi connectivity index (χ2n) is 7.76. The molecule has 4 heterocycles. The first kappa shape index (κ1) is 24.6. The number of alkyl halides is 6. The summed E-state index contributed by atoms with van der Waals surface area (Å²) >= 11 is 0. The Balaban J connectivity index is 1.71. The van der Waals surface area contributed by atoms with Crippen molar-refractivity contribution in [2.24, 2.45) is 15.9 Å². The second-order valence-corrected chi connectivity index (χ2v) is 7.76. The summed E-state index contributed by atoms with van der Waals surface area (Å²) in [4.78, 5) is 16.7. The van der Waals surface area contributed by atoms with Crippen molar-refractivity contribution in [3.8, 4) is 0 Å². The molecule has 2 aliphatic heterocycles. The average Bonchev–Trinajstić information content (AvgIpc) is 3.04. The SMILES string of the molecule is COCc1cc(NC2=NC=CC(C(F)(F)F)C=C2)c2c(n1)N=C(c1ncccc1C(F)(F)F)CC2. The van der Waals surface area contributed by atoms with Crippen LogP contribution in [0.1, 0.15) is 28.9 Å². The molecule has 0 aromatic carbocycles. The van der Waals surface area contributed by atoms with E-state index in [-0.39, 0.29) is 42.5 Å². The van der Waals surface area contributed by atoms with Gasteiger partial charge in [0.25, 0.3) is 0 Å². The summed E-state index contributed by atoms with van der Waals surface area (Å²) in [6.45, 7) is 0.0859. The summed E-state index contributed by atoms with van der Waals surface area (Å²) < 4.78 is 84.7. The molecule has 1 unspecified atom stereocenters. The van der Waals surface area contributed by atoms with E-state index >= 15 is 0 Å². The van der Waals surface area contributed by atoms with Gasteiger partial charge in [0.2, 0.25) is 0 Å². The molecule has 2 aromatic heterocycles. The lowest BCUT2D eigenvalue weighted by atomic mass is 9.98. The third-order valence-electron chi connectivity index (χ3n) is 5.30. The number of rotatable bonds is 4. The molecule has 0 saturated carbocycles. The fourth-order valence-corrected chi connectivity index (χ4v) is 3.69. The van der Waals surface area contributed by atoms with E-state index in [9.17, 15) is 26.3 Å². The van der Waals surface area contributed by atoms with Crippen LogP contribution in [0.2, 0.25) is 0 Å². The van der Waals surface area contributed by atoms with Gasteiger partial charge in [0.15, 0.2) is 5.82 Å². The molecule has 0 spiro atoms. The monoisotopic (exact) mass is 495 g/mol. The largest absolute Gasteiger partial charge is 0.418 e. The smallest absolute Gasteiger partial charge is 0.378 e. The zero-order chi connectivity index (χ0) is 25.2. The fraction of sp³-hybridized carbons (Fsp3) is 0.304. The van der Waals surface area contributed by atoms with Crippen LogP contribution in [0.3, 0.4) is 0 Å². The molecule has 0 radical (unpaired) electrons. The first-order chi connectivity index (χ1) is 16.6. The summed E-state index contributed by atoms with van der Waals surface area (Å²) in [5, 5.41) is 2.99. The van der Waals surface area contributed by atoms with Crippen LogP contribution >= 0.6 is 0 Å². The highest BCUT2D eigenvalue weighted by Crippen LogP contribution is 2.36. The van der Waals surface area contributed by atoms with Gasteiger partial charge in [-0.15, -0.1) is 0 Å². The quantitative estimate of drug-likeness (QED) is 0.546. The van der Waals surface area contributed by atoms with E-state index < -0.39 is 23.8 Å². The van der Waals surface area contributed by atoms with Crippen LogP contribution in [0.4, 0.5) is 37.8 Å². The van der Waals surface area contributed by atoms with Crippen molar-refractivity contribution in [3.05, 3.63) is 71.3 Å². The number of ether oxygens (including phenoxy) is 1. The zero-order valence-electron chi connectivity index (χ0n) is 18.3. The van der Waals surface area contributed by atoms with Gasteiger partial charge in [-0.05, 0) is 37.1 Å². The molecule has 4 rings (SSSR count). The van der Waals surface area contributed by atoms with Crippen LogP contribution in [0.25, 0.3) is 0 Å². The minimum atomic E-state index is -4.60. The Labute approximate surface area is 196 Å². The van der Waals surface area contributed by atoms with Crippen molar-refractivity contribution in [3.63, 3.8) is 0 Å². The van der Waals surface area contributed by atoms with E-state index in [2.05, 4.69) is 25.3 Å². The molecular formula is C23H19F6N5O. The number of halogens is 6. The van der Waals surface area contributed by atoms with E-state index in [0.29, 0.717) is 16.9 Å². The van der Waals surface area contributed by atoms with E-state index in [1.54, 1.807) is 6.07 Å². The normalized spacial score (nSPS) is 18.0. The van der Waals surface area contributed by atoms with Gasteiger partial charge in [0.05, 0.1) is 35.2 Å². The number of methoxy groups -OCH3 is 1. The summed E-state index contributed by atoms with van der Waals surface area (Å²) in [6.07, 6.45) is -3.12. The Morgan fingerprint density at radius 1 is 1.11 bits per heavy atom. The third kappa shape index (κ3) is 5.59. The average molecular weight is 495 g/mol. The molecule has 2 aromatic rings. The summed E-state index contributed by atoms with van der Waals surface area (Å²) in [6, 6.07) is 3.80. The Bertz CT molecular complexity index is 1230. The van der Waals surface area contributed by atoms with Crippen molar-refractivity contribution in [2.45, 2.75) is 31.8 Å². The Morgan fingerprint density at radius 3 is 2.63 bits per heavy atom. The van der Waals surface area contributed by atoms with Crippen LogP contribution < -0.4 is 5.32 Å². The summed E-state index contributed by atoms with van der Waals surface area (Å²) in [5.41, 5.74) is 0.480. The number of nitrogens with zero attached hydrogens (tertiary/aromatic N) is 4. The van der Waals surface area contributed by atoms with Crippen LogP contribution in [0, 0.1) is 5.92 Å². The topological polar surface area (TPSA) is 71.8 Å². The van der Waals surface area contributed by atoms with Gasteiger partial charge in [-0.1, -0.05) is 12.2 Å². The van der Waals surface area contributed by atoms with Crippen molar-refractivity contribution >= 4 is 23.1 Å². The van der Waals surface area contributed by atoms with Gasteiger partial charge in [-0.3, -0.25) is 4.98 Å². The molecule has 2 aliphatic rings. The number of anilines is 1. The lowest BCUT2D eigenvalue weighted by Gasteiger charge is -2.21. The number of hydrogen-bond acceptors (Lipinski definition) is 6. The van der Waals surface area contributed by atoms with Crippen LogP contribution in [-0.4, -0.2) is 34.8 Å². The molecule has 1 N–H and O–H groups in total. The standard InChI is InChI=1S/C23H19F6N5O/c1-35-12-14-11-18(33-19-7-4-13(8-10-30-19)22(24,25)26)15-5-6-17(34-21(15)32-14)20-16(23(27,28)29)3-2-9-31-20/h2-4,7-11,13H,5-6,12H2,1H3,(H,30,32,33). The highest BCUT2D eigenvalue weighted by Gasteiger charge is 2.37. The van der Waals surface area contributed by atoms with Gasteiger partial charge in [-0.25, -0.2) is 15.0 Å². The van der Waals surface area contributed by atoms with E-state index in [1.807, 2.05) is 0 Å². The molecular weight excluding hydrogens is 476 g/mol. The third-order valence-corrected chi connectivity index (χ3v) is 5.30. The molecule has 1 atom stereocenters. The molecule has 12 heteroatoms. The number of pyridine rings is 2. The van der Waals surface area contributed by atoms with Crippen molar-refractivity contribution in [2.75, 3.05) is 12.4 Å². The number of nitrogens with one attached hydrogen (secondary N) is 1. The maximum atomic E-state index is 13.5. The number of aliphatic imine (C=N–C) groups is 2. The first-order valence-electron chi connectivity index (χ1n) is 10.4. The van der Waals surface area contributed by atoms with E-state index in [4.69, 9.17) is 4.74 Å². The Hall–Kier alpha value is -3.54. The number of allylic oxidation sites excluding steroid dienone is 2. The fourth-order valence-electron chi connectivity index (χ4n) is 3.69. The minimum absolute atomic E-state index is 0.0859. The second kappa shape index (κ2) is 9.61. The van der Waals surface area contributed by atoms with Gasteiger partial charge < -0.3 is 10.1 Å². The molecule has 0 bridgehead atoms. The van der Waals surface area contributed by atoms with E-state index in [1.165, 1.54) is 25.4 Å². The molecule has 0 saturated heterocycles. The van der Waals surface area contributed by atoms with Crippen LogP contribution in [0.15, 0.2) is 58.8 Å². The first-order valence-corrected chi connectivity index (χ1v) is 10.4. The molecule has 0 aliphatic carbocycles. The van der Waals surface area contributed by atoms with Gasteiger partial charge in [0.1, 0.15) is 5.84 Å². The Morgan fingerprint density at radius 2 is 1.91 bits per heavy atom. The predicted octanol–water partition coefficient (Wildman–Crippen LogP) is 5.78. The molecule has 184 valence electrons. The molecule has 35 heavy (non-hydrogen) atoms. The number of fused-ring (bicyclic) bond motifs is 1. The molecule has 6 nitrogen and oxygen atoms in total. The highest BCUT2D eigenvalue weighted by atomic mass is 19.4. The van der Waals surface area contributed by atoms with Crippen molar-refractivity contribution in [1.82, 2.24) is 9.97 Å². The van der Waals surface area contributed by atoms with Crippen LogP contribution in [0.5, 0.6) is 0 Å². The summed E-state index contributed by atoms with van der Waals surface area (Å²) in [5.74, 6) is -1.43. The number of hydrogen-bond donors (Lipinski definition) is 1. The van der Waals surface area contributed by atoms with E-state index in [0.717, 1.165) is 24.4 Å². The lowest BCUT2D eigenvalue weighted by molar-refractivity contribution is -0.148. The van der Waals surface area contributed by atoms with Gasteiger partial charge in [0, 0.05) is 30.8 Å². The van der Waals surface area contributed by atoms with Gasteiger partial charge >= 0.3 is 12.4 Å². The maximum absolute atomic E-state index is 13.5. The van der Waals surface area contributed by atoms with Crippen molar-refractivity contribution < 1.29 is 31.1 Å². The lowest BCUT2D eigenvalue weighted by Crippen LogP contribution is -2.20. The Kier molecular flexibility index (Phi) is 6.75. The molecule has 0 fully saturated rings. The number of amidine groups is 1. The maximum Gasteiger partial charge on any atom is 0.418 e. The minimum Gasteiger partial charge on any atom is -0.378 e. The van der Waals surface area contributed by atoms with Crippen molar-refractivity contribution in [1.29, 1.82) is 0 Å². The summed E-state index contributed by atoms with van der Waals surface area (Å²) in [7, 11) is 1.45. The zero-order valence-corrected chi connectivity index (χ0v) is 18.3. The van der Waals surface area contributed by atoms with Gasteiger partial charge in [-0.2, -0.15) is 26.3 Å². The highest BCUT2D eigenvalue weighted by molar-refractivity contribution is 6.06. The number of aromatic nitrogens is 2. The van der Waals surface area contributed by atoms with Crippen LogP contribution in [-0.2, 0) is 23.9 Å². The molecule has 0 amide bonds.